The van der Waals surface area contributed by atoms with E-state index in [-0.39, 0.29) is 0 Å². The van der Waals surface area contributed by atoms with E-state index in [0.29, 0.717) is 5.82 Å². The van der Waals surface area contributed by atoms with Crippen LogP contribution in [0.4, 0.5) is 0 Å². The lowest BCUT2D eigenvalue weighted by Crippen LogP contribution is -2.28. The van der Waals surface area contributed by atoms with Gasteiger partial charge in [0.15, 0.2) is 5.82 Å². The lowest BCUT2D eigenvalue weighted by atomic mass is 9.67. The first kappa shape index (κ1) is 35.8. The molecule has 3 heteroatoms. The van der Waals surface area contributed by atoms with Crippen molar-refractivity contribution in [3.63, 3.8) is 0 Å². The Morgan fingerprint density at radius 1 is 0.323 bits per heavy atom. The second kappa shape index (κ2) is 14.5. The average Bonchev–Trinajstić information content (AvgIpc) is 3.85. The number of rotatable bonds is 7. The average molecular weight is 790 g/mol. The van der Waals surface area contributed by atoms with E-state index >= 15 is 0 Å². The smallest absolute Gasteiger partial charge is 0.160 e. The van der Waals surface area contributed by atoms with E-state index < -0.39 is 5.41 Å². The van der Waals surface area contributed by atoms with Gasteiger partial charge in [-0.1, -0.05) is 188 Å². The van der Waals surface area contributed by atoms with Crippen LogP contribution in [-0.2, 0) is 5.41 Å². The van der Waals surface area contributed by atoms with Crippen molar-refractivity contribution < 1.29 is 0 Å². The minimum Gasteiger partial charge on any atom is -0.309 e. The standard InChI is InChI=1S/C59H39N3/c1-6-20-40(21-7-1)54-39-55(61-58(60-54)41-22-8-2-9-23-41)50-38-53-49(46-30-16-18-32-52(46)59(53,43-24-10-3-11-25-43)44-26-12-4-13-27-44)37-48(50)42-34-35-57-51(36-42)47-31-17-19-33-56(47)62(57)45-28-14-5-15-29-45/h1-39H. The molecular formula is C59H39N3. The van der Waals surface area contributed by atoms with Crippen LogP contribution in [0.2, 0.25) is 0 Å². The Balaban J connectivity index is 1.20. The molecule has 3 nitrogen and oxygen atoms in total. The van der Waals surface area contributed by atoms with Crippen LogP contribution in [0, 0.1) is 0 Å². The Labute approximate surface area is 360 Å². The molecule has 62 heavy (non-hydrogen) atoms. The van der Waals surface area contributed by atoms with Gasteiger partial charge in [-0.2, -0.15) is 0 Å². The SMILES string of the molecule is c1ccc(-c2cc(-c3cc4c(cc3-c3ccc5c(c3)c3ccccc3n5-c3ccccc3)-c3ccccc3C4(c3ccccc3)c3ccccc3)nc(-c3ccccc3)n2)cc1. The van der Waals surface area contributed by atoms with Crippen molar-refractivity contribution in [2.45, 2.75) is 5.41 Å². The summed E-state index contributed by atoms with van der Waals surface area (Å²) in [6, 6.07) is 85.3. The third kappa shape index (κ3) is 5.59. The molecule has 2 heterocycles. The molecule has 0 fully saturated rings. The Morgan fingerprint density at radius 2 is 0.887 bits per heavy atom. The van der Waals surface area contributed by atoms with Gasteiger partial charge in [0.25, 0.3) is 0 Å². The quantitative estimate of drug-likeness (QED) is 0.161. The molecule has 0 saturated heterocycles. The van der Waals surface area contributed by atoms with Crippen molar-refractivity contribution >= 4 is 21.8 Å². The minimum atomic E-state index is -0.577. The number of hydrogen-bond acceptors (Lipinski definition) is 2. The molecular weight excluding hydrogens is 751 g/mol. The molecule has 0 unspecified atom stereocenters. The van der Waals surface area contributed by atoms with Crippen molar-refractivity contribution in [1.29, 1.82) is 0 Å². The Hall–Kier alpha value is -8.14. The highest BCUT2D eigenvalue weighted by atomic mass is 15.0. The Morgan fingerprint density at radius 3 is 1.60 bits per heavy atom. The monoisotopic (exact) mass is 789 g/mol. The van der Waals surface area contributed by atoms with Crippen LogP contribution in [0.1, 0.15) is 22.3 Å². The number of benzene rings is 9. The molecule has 12 rings (SSSR count). The van der Waals surface area contributed by atoms with Gasteiger partial charge in [0.05, 0.1) is 27.8 Å². The van der Waals surface area contributed by atoms with E-state index in [9.17, 15) is 0 Å². The molecule has 1 aliphatic rings. The summed E-state index contributed by atoms with van der Waals surface area (Å²) in [6.07, 6.45) is 0. The summed E-state index contributed by atoms with van der Waals surface area (Å²) in [5.41, 5.74) is 17.4. The van der Waals surface area contributed by atoms with Gasteiger partial charge < -0.3 is 4.57 Å². The minimum absolute atomic E-state index is 0.577. The van der Waals surface area contributed by atoms with Gasteiger partial charge in [0.2, 0.25) is 0 Å². The van der Waals surface area contributed by atoms with Crippen molar-refractivity contribution in [1.82, 2.24) is 14.5 Å². The molecule has 0 N–H and O–H groups in total. The fourth-order valence-corrected chi connectivity index (χ4v) is 9.99. The molecule has 2 aromatic heterocycles. The molecule has 290 valence electrons. The van der Waals surface area contributed by atoms with Crippen LogP contribution in [-0.4, -0.2) is 14.5 Å². The highest BCUT2D eigenvalue weighted by molar-refractivity contribution is 6.11. The predicted octanol–water partition coefficient (Wildman–Crippen LogP) is 14.6. The summed E-state index contributed by atoms with van der Waals surface area (Å²) < 4.78 is 2.38. The van der Waals surface area contributed by atoms with Crippen molar-refractivity contribution in [2.75, 3.05) is 0 Å². The zero-order chi connectivity index (χ0) is 41.0. The van der Waals surface area contributed by atoms with Crippen LogP contribution in [0.25, 0.3) is 83.6 Å². The molecule has 9 aromatic carbocycles. The summed E-state index contributed by atoms with van der Waals surface area (Å²) >= 11 is 0. The molecule has 0 amide bonds. The van der Waals surface area contributed by atoms with E-state index in [1.54, 1.807) is 0 Å². The maximum absolute atomic E-state index is 5.49. The van der Waals surface area contributed by atoms with E-state index in [4.69, 9.17) is 9.97 Å². The zero-order valence-corrected chi connectivity index (χ0v) is 33.9. The molecule has 0 spiro atoms. The first-order chi connectivity index (χ1) is 30.8. The molecule has 11 aromatic rings. The van der Waals surface area contributed by atoms with Crippen LogP contribution in [0.15, 0.2) is 237 Å². The maximum Gasteiger partial charge on any atom is 0.160 e. The highest BCUT2D eigenvalue weighted by Crippen LogP contribution is 2.58. The molecule has 0 aliphatic heterocycles. The molecule has 0 atom stereocenters. The number of fused-ring (bicyclic) bond motifs is 6. The molecule has 1 aliphatic carbocycles. The van der Waals surface area contributed by atoms with E-state index in [1.165, 1.54) is 55.2 Å². The van der Waals surface area contributed by atoms with Gasteiger partial charge in [0.1, 0.15) is 0 Å². The fraction of sp³-hybridized carbons (Fsp3) is 0.0169. The van der Waals surface area contributed by atoms with Crippen LogP contribution < -0.4 is 0 Å². The first-order valence-corrected chi connectivity index (χ1v) is 21.2. The van der Waals surface area contributed by atoms with Gasteiger partial charge >= 0.3 is 0 Å². The summed E-state index contributed by atoms with van der Waals surface area (Å²) in [7, 11) is 0. The van der Waals surface area contributed by atoms with Gasteiger partial charge in [0, 0.05) is 33.2 Å². The van der Waals surface area contributed by atoms with Gasteiger partial charge in [-0.3, -0.25) is 0 Å². The van der Waals surface area contributed by atoms with Crippen LogP contribution in [0.5, 0.6) is 0 Å². The second-order valence-electron chi connectivity index (χ2n) is 16.1. The number of aromatic nitrogens is 3. The predicted molar refractivity (Wildman–Crippen MR) is 255 cm³/mol. The number of hydrogen-bond donors (Lipinski definition) is 0. The third-order valence-electron chi connectivity index (χ3n) is 12.7. The van der Waals surface area contributed by atoms with Gasteiger partial charge in [-0.25, -0.2) is 9.97 Å². The molecule has 0 saturated carbocycles. The number of para-hydroxylation sites is 2. The topological polar surface area (TPSA) is 30.7 Å². The van der Waals surface area contributed by atoms with E-state index in [1.807, 2.05) is 6.07 Å². The fourth-order valence-electron chi connectivity index (χ4n) is 9.99. The lowest BCUT2D eigenvalue weighted by Gasteiger charge is -2.34. The van der Waals surface area contributed by atoms with E-state index in [2.05, 4.69) is 235 Å². The summed E-state index contributed by atoms with van der Waals surface area (Å²) in [4.78, 5) is 10.7. The largest absolute Gasteiger partial charge is 0.309 e. The second-order valence-corrected chi connectivity index (χ2v) is 16.1. The highest BCUT2D eigenvalue weighted by Gasteiger charge is 2.46. The molecule has 0 bridgehead atoms. The normalized spacial score (nSPS) is 12.6. The van der Waals surface area contributed by atoms with E-state index in [0.717, 1.165) is 44.9 Å². The summed E-state index contributed by atoms with van der Waals surface area (Å²) in [5.74, 6) is 0.690. The Bertz CT molecular complexity index is 3330. The van der Waals surface area contributed by atoms with Crippen LogP contribution >= 0.6 is 0 Å². The lowest BCUT2D eigenvalue weighted by molar-refractivity contribution is 0.769. The molecule has 0 radical (unpaired) electrons. The Kier molecular flexibility index (Phi) is 8.39. The maximum atomic E-state index is 5.49. The van der Waals surface area contributed by atoms with Crippen molar-refractivity contribution in [2.24, 2.45) is 0 Å². The van der Waals surface area contributed by atoms with Crippen molar-refractivity contribution in [3.8, 4) is 61.8 Å². The van der Waals surface area contributed by atoms with Crippen LogP contribution in [0.3, 0.4) is 0 Å². The van der Waals surface area contributed by atoms with Crippen molar-refractivity contribution in [3.05, 3.63) is 259 Å². The van der Waals surface area contributed by atoms with Gasteiger partial charge in [-0.05, 0) is 93.0 Å². The summed E-state index contributed by atoms with van der Waals surface area (Å²) in [6.45, 7) is 0. The van der Waals surface area contributed by atoms with Gasteiger partial charge in [-0.15, -0.1) is 0 Å². The summed E-state index contributed by atoms with van der Waals surface area (Å²) in [5, 5.41) is 2.42. The zero-order valence-electron chi connectivity index (χ0n) is 33.9. The third-order valence-corrected chi connectivity index (χ3v) is 12.7. The number of nitrogens with zero attached hydrogens (tertiary/aromatic N) is 3. The first-order valence-electron chi connectivity index (χ1n) is 21.2.